The number of nitrogens with one attached hydrogen (secondary N) is 2. The van der Waals surface area contributed by atoms with E-state index in [1.165, 1.54) is 0 Å². The average molecular weight is 377 g/mol. The van der Waals surface area contributed by atoms with E-state index < -0.39 is 23.6 Å². The van der Waals surface area contributed by atoms with E-state index in [0.29, 0.717) is 11.3 Å². The Morgan fingerprint density at radius 2 is 1.79 bits per heavy atom. The Labute approximate surface area is 161 Å². The SMILES string of the molecule is Cc1[nH]nc(C(=O)NC(Cc2ccccc2)C(=O)C(N)=O)c1-c1ccncc1. The molecule has 0 saturated heterocycles. The molecule has 1 atom stereocenters. The summed E-state index contributed by atoms with van der Waals surface area (Å²) in [5.74, 6) is -2.55. The van der Waals surface area contributed by atoms with Crippen molar-refractivity contribution in [2.24, 2.45) is 5.73 Å². The predicted molar refractivity (Wildman–Crippen MR) is 102 cm³/mol. The van der Waals surface area contributed by atoms with Crippen LogP contribution in [0.1, 0.15) is 21.7 Å². The number of benzene rings is 1. The molecule has 1 aromatic carbocycles. The highest BCUT2D eigenvalue weighted by Gasteiger charge is 2.28. The first-order valence-corrected chi connectivity index (χ1v) is 8.61. The van der Waals surface area contributed by atoms with Gasteiger partial charge in [-0.2, -0.15) is 5.10 Å². The highest BCUT2D eigenvalue weighted by molar-refractivity contribution is 6.38. The molecular formula is C20H19N5O3. The quantitative estimate of drug-likeness (QED) is 0.532. The first kappa shape index (κ1) is 19.0. The number of aromatic nitrogens is 3. The molecule has 0 spiro atoms. The number of pyridine rings is 1. The lowest BCUT2D eigenvalue weighted by atomic mass is 10.0. The van der Waals surface area contributed by atoms with Gasteiger partial charge in [-0.25, -0.2) is 0 Å². The second kappa shape index (κ2) is 8.26. The van der Waals surface area contributed by atoms with E-state index in [9.17, 15) is 14.4 Å². The molecule has 3 aromatic rings. The summed E-state index contributed by atoms with van der Waals surface area (Å²) in [4.78, 5) is 40.5. The third-order valence-electron chi connectivity index (χ3n) is 4.28. The molecule has 2 heterocycles. The van der Waals surface area contributed by atoms with Gasteiger partial charge in [0.05, 0.1) is 0 Å². The van der Waals surface area contributed by atoms with Gasteiger partial charge < -0.3 is 11.1 Å². The average Bonchev–Trinajstić information content (AvgIpc) is 3.09. The minimum absolute atomic E-state index is 0.124. The summed E-state index contributed by atoms with van der Waals surface area (Å²) in [5, 5.41) is 9.45. The highest BCUT2D eigenvalue weighted by atomic mass is 16.2. The maximum atomic E-state index is 12.9. The fourth-order valence-electron chi connectivity index (χ4n) is 2.92. The number of aromatic amines is 1. The van der Waals surface area contributed by atoms with Gasteiger partial charge in [-0.1, -0.05) is 30.3 Å². The maximum Gasteiger partial charge on any atom is 0.287 e. The number of carbonyl (C=O) groups excluding carboxylic acids is 3. The van der Waals surface area contributed by atoms with Crippen LogP contribution < -0.4 is 11.1 Å². The van der Waals surface area contributed by atoms with Gasteiger partial charge in [0.25, 0.3) is 11.8 Å². The second-order valence-corrected chi connectivity index (χ2v) is 6.25. The molecule has 0 fully saturated rings. The van der Waals surface area contributed by atoms with Gasteiger partial charge in [0.15, 0.2) is 5.69 Å². The van der Waals surface area contributed by atoms with E-state index in [1.54, 1.807) is 43.6 Å². The number of ketones is 1. The Balaban J connectivity index is 1.89. The van der Waals surface area contributed by atoms with Gasteiger partial charge in [0, 0.05) is 30.1 Å². The van der Waals surface area contributed by atoms with Crippen molar-refractivity contribution >= 4 is 17.6 Å². The summed E-state index contributed by atoms with van der Waals surface area (Å²) in [5.41, 5.74) is 8.12. The Morgan fingerprint density at radius 1 is 1.11 bits per heavy atom. The molecular weight excluding hydrogens is 358 g/mol. The summed E-state index contributed by atoms with van der Waals surface area (Å²) >= 11 is 0. The fourth-order valence-corrected chi connectivity index (χ4v) is 2.92. The third-order valence-corrected chi connectivity index (χ3v) is 4.28. The van der Waals surface area contributed by atoms with Crippen molar-refractivity contribution in [1.29, 1.82) is 0 Å². The van der Waals surface area contributed by atoms with Crippen LogP contribution in [-0.4, -0.2) is 38.8 Å². The Bertz CT molecular complexity index is 999. The molecule has 0 aliphatic carbocycles. The van der Waals surface area contributed by atoms with Crippen molar-refractivity contribution in [2.75, 3.05) is 0 Å². The lowest BCUT2D eigenvalue weighted by Crippen LogP contribution is -2.47. The summed E-state index contributed by atoms with van der Waals surface area (Å²) in [7, 11) is 0. The molecule has 2 aromatic heterocycles. The lowest BCUT2D eigenvalue weighted by Gasteiger charge is -2.16. The zero-order valence-corrected chi connectivity index (χ0v) is 15.2. The van der Waals surface area contributed by atoms with Gasteiger partial charge in [-0.05, 0) is 30.2 Å². The van der Waals surface area contributed by atoms with Crippen LogP contribution in [-0.2, 0) is 16.0 Å². The van der Waals surface area contributed by atoms with Gasteiger partial charge in [0.1, 0.15) is 6.04 Å². The first-order valence-electron chi connectivity index (χ1n) is 8.61. The topological polar surface area (TPSA) is 131 Å². The van der Waals surface area contributed by atoms with Gasteiger partial charge in [-0.3, -0.25) is 24.5 Å². The molecule has 142 valence electrons. The molecule has 2 amide bonds. The molecule has 8 nitrogen and oxygen atoms in total. The van der Waals surface area contributed by atoms with Crippen LogP contribution in [0.5, 0.6) is 0 Å². The van der Waals surface area contributed by atoms with Crippen LogP contribution in [0, 0.1) is 6.92 Å². The van der Waals surface area contributed by atoms with Crippen molar-refractivity contribution in [3.8, 4) is 11.1 Å². The highest BCUT2D eigenvalue weighted by Crippen LogP contribution is 2.25. The van der Waals surface area contributed by atoms with Crippen molar-refractivity contribution in [3.63, 3.8) is 0 Å². The molecule has 0 aliphatic heterocycles. The molecule has 0 radical (unpaired) electrons. The van der Waals surface area contributed by atoms with Crippen LogP contribution in [0.15, 0.2) is 54.9 Å². The number of H-pyrrole nitrogens is 1. The van der Waals surface area contributed by atoms with Crippen molar-refractivity contribution in [2.45, 2.75) is 19.4 Å². The molecule has 8 heteroatoms. The number of rotatable bonds is 7. The first-order chi connectivity index (χ1) is 13.5. The van der Waals surface area contributed by atoms with Crippen LogP contribution in [0.2, 0.25) is 0 Å². The minimum Gasteiger partial charge on any atom is -0.363 e. The largest absolute Gasteiger partial charge is 0.363 e. The van der Waals surface area contributed by atoms with Crippen LogP contribution in [0.25, 0.3) is 11.1 Å². The zero-order valence-electron chi connectivity index (χ0n) is 15.2. The summed E-state index contributed by atoms with van der Waals surface area (Å²) in [6.45, 7) is 1.79. The van der Waals surface area contributed by atoms with E-state index in [2.05, 4.69) is 20.5 Å². The smallest absolute Gasteiger partial charge is 0.287 e. The Hall–Kier alpha value is -3.81. The second-order valence-electron chi connectivity index (χ2n) is 6.25. The molecule has 0 bridgehead atoms. The number of nitrogens with two attached hydrogens (primary N) is 1. The minimum atomic E-state index is -1.10. The Morgan fingerprint density at radius 3 is 2.43 bits per heavy atom. The van der Waals surface area contributed by atoms with Gasteiger partial charge in [-0.15, -0.1) is 0 Å². The number of nitrogens with zero attached hydrogens (tertiary/aromatic N) is 2. The normalized spacial score (nSPS) is 11.6. The van der Waals surface area contributed by atoms with Crippen LogP contribution in [0.3, 0.4) is 0 Å². The van der Waals surface area contributed by atoms with Crippen LogP contribution >= 0.6 is 0 Å². The Kier molecular flexibility index (Phi) is 5.59. The van der Waals surface area contributed by atoms with Gasteiger partial charge >= 0.3 is 0 Å². The van der Waals surface area contributed by atoms with Crippen LogP contribution in [0.4, 0.5) is 0 Å². The summed E-state index contributed by atoms with van der Waals surface area (Å²) < 4.78 is 0. The monoisotopic (exact) mass is 377 g/mol. The van der Waals surface area contributed by atoms with E-state index in [-0.39, 0.29) is 12.1 Å². The molecule has 0 aliphatic rings. The molecule has 4 N–H and O–H groups in total. The number of primary amides is 1. The molecule has 28 heavy (non-hydrogen) atoms. The van der Waals surface area contributed by atoms with E-state index >= 15 is 0 Å². The van der Waals surface area contributed by atoms with E-state index in [1.807, 2.05) is 18.2 Å². The lowest BCUT2D eigenvalue weighted by molar-refractivity contribution is -0.137. The summed E-state index contributed by atoms with van der Waals surface area (Å²) in [6, 6.07) is 11.5. The number of carbonyl (C=O) groups is 3. The van der Waals surface area contributed by atoms with Crippen molar-refractivity contribution in [1.82, 2.24) is 20.5 Å². The van der Waals surface area contributed by atoms with Crippen molar-refractivity contribution in [3.05, 3.63) is 71.8 Å². The van der Waals surface area contributed by atoms with E-state index in [0.717, 1.165) is 11.1 Å². The molecule has 0 saturated carbocycles. The standard InChI is InChI=1S/C20H19N5O3/c1-12-16(14-7-9-22-10-8-14)17(25-24-12)20(28)23-15(18(26)19(21)27)11-13-5-3-2-4-6-13/h2-10,15H,11H2,1H3,(H2,21,27)(H,23,28)(H,24,25). The number of hydrogen-bond acceptors (Lipinski definition) is 5. The van der Waals surface area contributed by atoms with Gasteiger partial charge in [0.2, 0.25) is 5.78 Å². The van der Waals surface area contributed by atoms with E-state index in [4.69, 9.17) is 5.73 Å². The summed E-state index contributed by atoms with van der Waals surface area (Å²) in [6.07, 6.45) is 3.36. The number of aryl methyl sites for hydroxylation is 1. The zero-order chi connectivity index (χ0) is 20.1. The predicted octanol–water partition coefficient (Wildman–Crippen LogP) is 1.18. The maximum absolute atomic E-state index is 12.9. The fraction of sp³-hybridized carbons (Fsp3) is 0.150. The number of hydrogen-bond donors (Lipinski definition) is 3. The molecule has 1 unspecified atom stereocenters. The van der Waals surface area contributed by atoms with Crippen molar-refractivity contribution < 1.29 is 14.4 Å². The third kappa shape index (κ3) is 4.12. The number of amides is 2. The number of Topliss-reactive ketones (excluding diaryl/α,β-unsaturated/α-hetero) is 1. The molecule has 3 rings (SSSR count).